The molecule has 10 heteroatoms. The number of urea groups is 1. The van der Waals surface area contributed by atoms with Gasteiger partial charge in [-0.25, -0.2) is 4.79 Å². The van der Waals surface area contributed by atoms with E-state index in [0.717, 1.165) is 17.2 Å². The van der Waals surface area contributed by atoms with Gasteiger partial charge in [0.25, 0.3) is 0 Å². The van der Waals surface area contributed by atoms with Crippen LogP contribution in [-0.2, 0) is 12.7 Å². The summed E-state index contributed by atoms with van der Waals surface area (Å²) < 4.78 is 39.5. The van der Waals surface area contributed by atoms with Crippen molar-refractivity contribution in [3.05, 3.63) is 73.3 Å². The van der Waals surface area contributed by atoms with Gasteiger partial charge in [0.05, 0.1) is 22.3 Å². The fraction of sp³-hybridized carbons (Fsp3) is 0.250. The first-order valence-corrected chi connectivity index (χ1v) is 8.92. The van der Waals surface area contributed by atoms with Gasteiger partial charge in [0, 0.05) is 19.2 Å². The average Bonchev–Trinajstić information content (AvgIpc) is 2.66. The quantitative estimate of drug-likeness (QED) is 0.566. The van der Waals surface area contributed by atoms with Crippen LogP contribution in [0.3, 0.4) is 0 Å². The summed E-state index contributed by atoms with van der Waals surface area (Å²) in [7, 11) is 1.42. The molecule has 1 aromatic heterocycles. The number of rotatable bonds is 3. The molecule has 0 aliphatic rings. The Morgan fingerprint density at radius 1 is 1.10 bits per heavy atom. The second-order valence-corrected chi connectivity index (χ2v) is 6.96. The molecule has 1 heterocycles. The Morgan fingerprint density at radius 3 is 2.40 bits per heavy atom. The minimum Gasteiger partial charge on any atom is -0.323 e. The minimum atomic E-state index is -4.61. The van der Waals surface area contributed by atoms with E-state index in [0.29, 0.717) is 16.6 Å². The smallest absolute Gasteiger partial charge is 0.323 e. The number of hydrogen-bond acceptors (Lipinski definition) is 3. The van der Waals surface area contributed by atoms with Gasteiger partial charge in [-0.3, -0.25) is 9.59 Å². The lowest BCUT2D eigenvalue weighted by molar-refractivity contribution is -0.136. The number of fused-ring (bicyclic) bond motifs is 1. The minimum absolute atomic E-state index is 0.00792. The first kappa shape index (κ1) is 21.2. The van der Waals surface area contributed by atoms with Gasteiger partial charge in [-0.2, -0.15) is 13.2 Å². The van der Waals surface area contributed by atoms with E-state index in [4.69, 9.17) is 0 Å². The van der Waals surface area contributed by atoms with E-state index in [9.17, 15) is 27.6 Å². The van der Waals surface area contributed by atoms with Crippen molar-refractivity contribution < 1.29 is 18.0 Å². The Balaban J connectivity index is 1.94. The summed E-state index contributed by atoms with van der Waals surface area (Å²) in [6.45, 7) is 3.59. The zero-order valence-corrected chi connectivity index (χ0v) is 16.4. The Bertz CT molecular complexity index is 1240. The number of amides is 2. The van der Waals surface area contributed by atoms with E-state index in [-0.39, 0.29) is 12.2 Å². The number of hydrogen-bond donors (Lipinski definition) is 3. The Morgan fingerprint density at radius 2 is 1.73 bits per heavy atom. The number of carbonyl (C=O) groups excluding carboxylic acids is 1. The molecule has 0 saturated heterocycles. The summed E-state index contributed by atoms with van der Waals surface area (Å²) in [4.78, 5) is 42.2. The van der Waals surface area contributed by atoms with Crippen molar-refractivity contribution in [1.29, 1.82) is 0 Å². The standard InChI is InChI=1S/C20H19F3N4O3/c1-10-8-15-16(26-18(29)17(28)24-15)12(11(10)2)9-27(3)19(30)25-14-7-5-4-6-13(14)20(21,22)23/h4-8H,9H2,1-3H3,(H,24,28)(H,25,30)(H,26,29). The number of alkyl halides is 3. The normalized spacial score (nSPS) is 11.5. The molecule has 3 aromatic rings. The van der Waals surface area contributed by atoms with Crippen LogP contribution in [0.25, 0.3) is 11.0 Å². The molecule has 0 aliphatic heterocycles. The zero-order chi connectivity index (χ0) is 22.2. The van der Waals surface area contributed by atoms with Crippen LogP contribution in [0.2, 0.25) is 0 Å². The molecule has 0 aliphatic carbocycles. The number of aryl methyl sites for hydroxylation is 1. The highest BCUT2D eigenvalue weighted by molar-refractivity contribution is 5.90. The highest BCUT2D eigenvalue weighted by atomic mass is 19.4. The van der Waals surface area contributed by atoms with Crippen LogP contribution in [0.4, 0.5) is 23.7 Å². The second kappa shape index (κ2) is 7.69. The Labute approximate surface area is 168 Å². The summed E-state index contributed by atoms with van der Waals surface area (Å²) >= 11 is 0. The zero-order valence-electron chi connectivity index (χ0n) is 16.4. The van der Waals surface area contributed by atoms with Crippen molar-refractivity contribution in [2.75, 3.05) is 12.4 Å². The van der Waals surface area contributed by atoms with Crippen molar-refractivity contribution >= 4 is 22.8 Å². The number of nitrogens with one attached hydrogen (secondary N) is 3. The summed E-state index contributed by atoms with van der Waals surface area (Å²) in [5.41, 5.74) is -0.0231. The summed E-state index contributed by atoms with van der Waals surface area (Å²) in [5, 5.41) is 2.28. The maximum atomic E-state index is 13.2. The number of aromatic amines is 2. The fourth-order valence-electron chi connectivity index (χ4n) is 3.13. The largest absolute Gasteiger partial charge is 0.418 e. The molecular formula is C20H19F3N4O3. The van der Waals surface area contributed by atoms with E-state index in [1.807, 2.05) is 0 Å². The molecule has 2 aromatic carbocycles. The molecule has 30 heavy (non-hydrogen) atoms. The molecule has 3 rings (SSSR count). The lowest BCUT2D eigenvalue weighted by Gasteiger charge is -2.22. The molecule has 2 amide bonds. The van der Waals surface area contributed by atoms with Crippen molar-refractivity contribution in [1.82, 2.24) is 14.9 Å². The number of anilines is 1. The number of benzene rings is 2. The maximum Gasteiger partial charge on any atom is 0.418 e. The van der Waals surface area contributed by atoms with Gasteiger partial charge < -0.3 is 20.2 Å². The molecule has 158 valence electrons. The number of para-hydroxylation sites is 1. The van der Waals surface area contributed by atoms with Gasteiger partial charge in [-0.15, -0.1) is 0 Å². The van der Waals surface area contributed by atoms with Crippen LogP contribution in [0.1, 0.15) is 22.3 Å². The highest BCUT2D eigenvalue weighted by Crippen LogP contribution is 2.34. The second-order valence-electron chi connectivity index (χ2n) is 6.96. The number of aromatic nitrogens is 2. The molecule has 0 atom stereocenters. The van der Waals surface area contributed by atoms with Gasteiger partial charge in [0.1, 0.15) is 0 Å². The van der Waals surface area contributed by atoms with Crippen LogP contribution >= 0.6 is 0 Å². The molecule has 3 N–H and O–H groups in total. The van der Waals surface area contributed by atoms with E-state index in [2.05, 4.69) is 15.3 Å². The van der Waals surface area contributed by atoms with E-state index < -0.39 is 28.9 Å². The lowest BCUT2D eigenvalue weighted by atomic mass is 10.0. The highest BCUT2D eigenvalue weighted by Gasteiger charge is 2.33. The van der Waals surface area contributed by atoms with Crippen molar-refractivity contribution in [3.8, 4) is 0 Å². The first-order chi connectivity index (χ1) is 14.0. The molecule has 7 nitrogen and oxygen atoms in total. The van der Waals surface area contributed by atoms with E-state index in [1.54, 1.807) is 19.9 Å². The third kappa shape index (κ3) is 4.07. The van der Waals surface area contributed by atoms with E-state index in [1.165, 1.54) is 30.1 Å². The summed E-state index contributed by atoms with van der Waals surface area (Å²) in [5.74, 6) is 0. The first-order valence-electron chi connectivity index (χ1n) is 8.92. The number of nitrogens with zero attached hydrogens (tertiary/aromatic N) is 1. The molecule has 0 saturated carbocycles. The van der Waals surface area contributed by atoms with Crippen LogP contribution in [0.5, 0.6) is 0 Å². The maximum absolute atomic E-state index is 13.2. The van der Waals surface area contributed by atoms with Gasteiger partial charge in [-0.1, -0.05) is 12.1 Å². The van der Waals surface area contributed by atoms with Crippen molar-refractivity contribution in [3.63, 3.8) is 0 Å². The molecule has 0 spiro atoms. The van der Waals surface area contributed by atoms with Crippen molar-refractivity contribution in [2.24, 2.45) is 0 Å². The molecule has 0 bridgehead atoms. The van der Waals surface area contributed by atoms with Crippen LogP contribution < -0.4 is 16.4 Å². The fourth-order valence-corrected chi connectivity index (χ4v) is 3.13. The third-order valence-electron chi connectivity index (χ3n) is 4.89. The summed E-state index contributed by atoms with van der Waals surface area (Å²) in [6.07, 6.45) is -4.61. The SMILES string of the molecule is Cc1cc2[nH]c(=O)c(=O)[nH]c2c(CN(C)C(=O)Nc2ccccc2C(F)(F)F)c1C. The summed E-state index contributed by atoms with van der Waals surface area (Å²) in [6, 6.07) is 5.63. The molecule has 0 fully saturated rings. The van der Waals surface area contributed by atoms with Crippen molar-refractivity contribution in [2.45, 2.75) is 26.6 Å². The van der Waals surface area contributed by atoms with Gasteiger partial charge in [0.2, 0.25) is 0 Å². The van der Waals surface area contributed by atoms with Crippen LogP contribution in [0, 0.1) is 13.8 Å². The number of H-pyrrole nitrogens is 2. The van der Waals surface area contributed by atoms with E-state index >= 15 is 0 Å². The Kier molecular flexibility index (Phi) is 5.43. The van der Waals surface area contributed by atoms with Gasteiger partial charge in [0.15, 0.2) is 0 Å². The van der Waals surface area contributed by atoms with Gasteiger partial charge in [-0.05, 0) is 43.2 Å². The molecular weight excluding hydrogens is 401 g/mol. The van der Waals surface area contributed by atoms with Crippen LogP contribution in [-0.4, -0.2) is 27.9 Å². The average molecular weight is 420 g/mol. The monoisotopic (exact) mass is 420 g/mol. The predicted octanol–water partition coefficient (Wildman–Crippen LogP) is 3.52. The van der Waals surface area contributed by atoms with Crippen LogP contribution in [0.15, 0.2) is 39.9 Å². The van der Waals surface area contributed by atoms with Gasteiger partial charge >= 0.3 is 23.3 Å². The third-order valence-corrected chi connectivity index (χ3v) is 4.89. The number of carbonyl (C=O) groups is 1. The topological polar surface area (TPSA) is 98.1 Å². The Hall–Kier alpha value is -3.56. The molecule has 0 radical (unpaired) electrons. The molecule has 0 unspecified atom stereocenters. The predicted molar refractivity (Wildman–Crippen MR) is 107 cm³/mol. The lowest BCUT2D eigenvalue weighted by Crippen LogP contribution is -2.33. The number of halogens is 3.